The minimum Gasteiger partial charge on any atom is -0.482 e. The van der Waals surface area contributed by atoms with E-state index in [2.05, 4.69) is 5.32 Å². The standard InChI is InChI=1S/C25H15Cl5N2O6/c1-12-3-2-4-15(7-12)37-17-9-13(8-14(10-17)32(34)35)31-25(33)18-6-5-16(38-18)11-36-24-22(29)20(27)19(26)21(28)23(24)30/h2-10H,11H2,1H3,(H,31,33). The van der Waals surface area contributed by atoms with Crippen molar-refractivity contribution in [2.24, 2.45) is 0 Å². The molecule has 0 aliphatic carbocycles. The molecular formula is C25H15Cl5N2O6. The largest absolute Gasteiger partial charge is 0.482 e. The van der Waals surface area contributed by atoms with Gasteiger partial charge in [0.2, 0.25) is 0 Å². The van der Waals surface area contributed by atoms with Gasteiger partial charge >= 0.3 is 0 Å². The molecule has 0 bridgehead atoms. The Morgan fingerprint density at radius 1 is 0.921 bits per heavy atom. The van der Waals surface area contributed by atoms with Gasteiger partial charge in [0.1, 0.15) is 33.9 Å². The van der Waals surface area contributed by atoms with Crippen LogP contribution in [0.25, 0.3) is 0 Å². The monoisotopic (exact) mass is 614 g/mol. The number of aryl methyl sites for hydroxylation is 1. The maximum Gasteiger partial charge on any atom is 0.291 e. The Balaban J connectivity index is 1.49. The molecule has 0 saturated heterocycles. The van der Waals surface area contributed by atoms with Gasteiger partial charge in [-0.05, 0) is 36.8 Å². The van der Waals surface area contributed by atoms with Crippen LogP contribution in [0.4, 0.5) is 11.4 Å². The van der Waals surface area contributed by atoms with Crippen LogP contribution in [0.15, 0.2) is 59.0 Å². The van der Waals surface area contributed by atoms with Crippen LogP contribution < -0.4 is 14.8 Å². The third-order valence-corrected chi connectivity index (χ3v) is 7.24. The molecule has 38 heavy (non-hydrogen) atoms. The number of carbonyl (C=O) groups excluding carboxylic acids is 1. The lowest BCUT2D eigenvalue weighted by atomic mass is 10.2. The second-order valence-corrected chi connectivity index (χ2v) is 9.69. The number of amides is 1. The van der Waals surface area contributed by atoms with E-state index in [1.807, 2.05) is 13.0 Å². The molecule has 3 aromatic carbocycles. The summed E-state index contributed by atoms with van der Waals surface area (Å²) >= 11 is 30.4. The fraction of sp³-hybridized carbons (Fsp3) is 0.0800. The number of halogens is 5. The summed E-state index contributed by atoms with van der Waals surface area (Å²) in [6.45, 7) is 1.71. The first-order valence-electron chi connectivity index (χ1n) is 10.6. The predicted octanol–water partition coefficient (Wildman–Crippen LogP) is 9.39. The van der Waals surface area contributed by atoms with Crippen molar-refractivity contribution >= 4 is 75.3 Å². The Morgan fingerprint density at radius 3 is 2.26 bits per heavy atom. The fourth-order valence-corrected chi connectivity index (χ4v) is 4.49. The first kappa shape index (κ1) is 27.9. The molecule has 1 amide bonds. The highest BCUT2D eigenvalue weighted by Crippen LogP contribution is 2.48. The normalized spacial score (nSPS) is 10.8. The SMILES string of the molecule is Cc1cccc(Oc2cc(NC(=O)c3ccc(COc4c(Cl)c(Cl)c(Cl)c(Cl)c4Cl)o3)cc([N+](=O)[O-])c2)c1. The number of nitrogens with one attached hydrogen (secondary N) is 1. The summed E-state index contributed by atoms with van der Waals surface area (Å²) in [4.78, 5) is 23.6. The van der Waals surface area contributed by atoms with E-state index in [0.29, 0.717) is 5.75 Å². The zero-order chi connectivity index (χ0) is 27.6. The second-order valence-electron chi connectivity index (χ2n) is 7.80. The van der Waals surface area contributed by atoms with Crippen LogP contribution in [-0.4, -0.2) is 10.8 Å². The molecule has 0 radical (unpaired) electrons. The summed E-state index contributed by atoms with van der Waals surface area (Å²) in [5.74, 6) is 0.150. The lowest BCUT2D eigenvalue weighted by molar-refractivity contribution is -0.384. The minimum absolute atomic E-state index is 0.00660. The number of nitro benzene ring substituents is 1. The molecule has 0 atom stereocenters. The van der Waals surface area contributed by atoms with Crippen LogP contribution in [0, 0.1) is 17.0 Å². The van der Waals surface area contributed by atoms with Gasteiger partial charge in [-0.3, -0.25) is 14.9 Å². The molecule has 0 aliphatic heterocycles. The van der Waals surface area contributed by atoms with E-state index in [9.17, 15) is 14.9 Å². The van der Waals surface area contributed by atoms with Crippen LogP contribution in [0.1, 0.15) is 21.9 Å². The molecular weight excluding hydrogens is 602 g/mol. The number of benzene rings is 3. The number of ether oxygens (including phenoxy) is 2. The molecule has 1 N–H and O–H groups in total. The Labute approximate surface area is 241 Å². The molecule has 1 aromatic heterocycles. The molecule has 1 heterocycles. The van der Waals surface area contributed by atoms with Crippen molar-refractivity contribution in [2.75, 3.05) is 5.32 Å². The van der Waals surface area contributed by atoms with E-state index in [0.717, 1.165) is 5.56 Å². The van der Waals surface area contributed by atoms with Crippen molar-refractivity contribution in [1.29, 1.82) is 0 Å². The van der Waals surface area contributed by atoms with E-state index >= 15 is 0 Å². The quantitative estimate of drug-likeness (QED) is 0.0915. The number of furan rings is 1. The molecule has 196 valence electrons. The van der Waals surface area contributed by atoms with Crippen LogP contribution in [0.5, 0.6) is 17.2 Å². The Kier molecular flexibility index (Phi) is 8.60. The highest BCUT2D eigenvalue weighted by atomic mass is 35.5. The number of hydrogen-bond acceptors (Lipinski definition) is 6. The molecule has 0 saturated carbocycles. The van der Waals surface area contributed by atoms with Crippen molar-refractivity contribution in [1.82, 2.24) is 0 Å². The Morgan fingerprint density at radius 2 is 1.61 bits per heavy atom. The highest BCUT2D eigenvalue weighted by Gasteiger charge is 2.22. The average Bonchev–Trinajstić information content (AvgIpc) is 3.35. The first-order chi connectivity index (χ1) is 18.0. The minimum atomic E-state index is -0.660. The number of anilines is 1. The first-order valence-corrected chi connectivity index (χ1v) is 12.5. The molecule has 0 unspecified atom stereocenters. The summed E-state index contributed by atoms with van der Waals surface area (Å²) in [6, 6.07) is 14.0. The predicted molar refractivity (Wildman–Crippen MR) is 147 cm³/mol. The number of carbonyl (C=O) groups is 1. The van der Waals surface area contributed by atoms with Gasteiger partial charge < -0.3 is 19.2 Å². The van der Waals surface area contributed by atoms with Gasteiger partial charge in [0.25, 0.3) is 11.6 Å². The van der Waals surface area contributed by atoms with Gasteiger partial charge in [-0.2, -0.15) is 0 Å². The van der Waals surface area contributed by atoms with Crippen molar-refractivity contribution in [3.63, 3.8) is 0 Å². The summed E-state index contributed by atoms with van der Waals surface area (Å²) in [5, 5.41) is 13.9. The smallest absolute Gasteiger partial charge is 0.291 e. The molecule has 4 rings (SSSR count). The summed E-state index contributed by atoms with van der Waals surface area (Å²) < 4.78 is 16.9. The van der Waals surface area contributed by atoms with Gasteiger partial charge in [0.15, 0.2) is 11.5 Å². The van der Waals surface area contributed by atoms with Gasteiger partial charge in [-0.25, -0.2) is 0 Å². The number of rotatable bonds is 8. The van der Waals surface area contributed by atoms with Gasteiger partial charge in [0.05, 0.1) is 31.7 Å². The van der Waals surface area contributed by atoms with E-state index in [-0.39, 0.29) is 66.1 Å². The van der Waals surface area contributed by atoms with E-state index < -0.39 is 10.8 Å². The Hall–Kier alpha value is -3.14. The summed E-state index contributed by atoms with van der Waals surface area (Å²) in [7, 11) is 0. The van der Waals surface area contributed by atoms with Crippen molar-refractivity contribution in [3.05, 3.63) is 107 Å². The highest BCUT2D eigenvalue weighted by molar-refractivity contribution is 6.55. The van der Waals surface area contributed by atoms with Crippen molar-refractivity contribution in [2.45, 2.75) is 13.5 Å². The van der Waals surface area contributed by atoms with Crippen LogP contribution in [-0.2, 0) is 6.61 Å². The number of nitro groups is 1. The Bertz CT molecular complexity index is 1530. The number of hydrogen-bond donors (Lipinski definition) is 1. The third kappa shape index (κ3) is 6.28. The third-order valence-electron chi connectivity index (χ3n) is 5.00. The van der Waals surface area contributed by atoms with Crippen molar-refractivity contribution in [3.8, 4) is 17.2 Å². The number of non-ortho nitro benzene ring substituents is 1. The van der Waals surface area contributed by atoms with Gasteiger partial charge in [0, 0.05) is 12.1 Å². The summed E-state index contributed by atoms with van der Waals surface area (Å²) in [6.07, 6.45) is 0. The van der Waals surface area contributed by atoms with Crippen molar-refractivity contribution < 1.29 is 23.6 Å². The molecule has 8 nitrogen and oxygen atoms in total. The number of nitrogens with zero attached hydrogens (tertiary/aromatic N) is 1. The maximum absolute atomic E-state index is 12.8. The topological polar surface area (TPSA) is 104 Å². The molecule has 0 fully saturated rings. The van der Waals surface area contributed by atoms with Crippen LogP contribution in [0.2, 0.25) is 25.1 Å². The van der Waals surface area contributed by atoms with E-state index in [1.54, 1.807) is 18.2 Å². The average molecular weight is 617 g/mol. The van der Waals surface area contributed by atoms with Crippen LogP contribution in [0.3, 0.4) is 0 Å². The van der Waals surface area contributed by atoms with Crippen LogP contribution >= 0.6 is 58.0 Å². The fourth-order valence-electron chi connectivity index (χ4n) is 3.26. The maximum atomic E-state index is 12.8. The van der Waals surface area contributed by atoms with E-state index in [1.165, 1.54) is 30.3 Å². The van der Waals surface area contributed by atoms with Gasteiger partial charge in [-0.15, -0.1) is 0 Å². The molecule has 13 heteroatoms. The lowest BCUT2D eigenvalue weighted by Gasteiger charge is -2.12. The second kappa shape index (κ2) is 11.7. The summed E-state index contributed by atoms with van der Waals surface area (Å²) in [5.41, 5.74) is 0.809. The van der Waals surface area contributed by atoms with E-state index in [4.69, 9.17) is 71.9 Å². The molecule has 0 aliphatic rings. The zero-order valence-electron chi connectivity index (χ0n) is 19.2. The lowest BCUT2D eigenvalue weighted by Crippen LogP contribution is -2.11. The van der Waals surface area contributed by atoms with Gasteiger partial charge in [-0.1, -0.05) is 70.1 Å². The molecule has 0 spiro atoms. The zero-order valence-corrected chi connectivity index (χ0v) is 23.0. The molecule has 4 aromatic rings.